The molecule has 0 aliphatic heterocycles. The number of aryl methyl sites for hydroxylation is 2. The third-order valence-electron chi connectivity index (χ3n) is 3.39. The molecule has 2 rings (SSSR count). The number of thioether (sulfide) groups is 1. The largest absolute Gasteiger partial charge is 0.497 e. The first-order valence-electron chi connectivity index (χ1n) is 6.70. The van der Waals surface area contributed by atoms with E-state index >= 15 is 0 Å². The van der Waals surface area contributed by atoms with Gasteiger partial charge < -0.3 is 10.5 Å². The molecule has 0 saturated heterocycles. The Morgan fingerprint density at radius 1 is 1.10 bits per heavy atom. The Hall–Kier alpha value is -1.45. The van der Waals surface area contributed by atoms with E-state index in [4.69, 9.17) is 10.5 Å². The Morgan fingerprint density at radius 2 is 1.85 bits per heavy atom. The van der Waals surface area contributed by atoms with Crippen LogP contribution in [0.3, 0.4) is 0 Å². The van der Waals surface area contributed by atoms with Crippen LogP contribution < -0.4 is 10.5 Å². The first-order chi connectivity index (χ1) is 9.61. The Labute approximate surface area is 125 Å². The number of benzene rings is 2. The van der Waals surface area contributed by atoms with Gasteiger partial charge in [-0.1, -0.05) is 24.3 Å². The molecule has 0 fully saturated rings. The molecule has 2 aromatic rings. The highest BCUT2D eigenvalue weighted by atomic mass is 32.2. The van der Waals surface area contributed by atoms with Gasteiger partial charge in [0.05, 0.1) is 7.11 Å². The summed E-state index contributed by atoms with van der Waals surface area (Å²) in [4.78, 5) is 1.30. The first-order valence-corrected chi connectivity index (χ1v) is 7.69. The summed E-state index contributed by atoms with van der Waals surface area (Å²) in [6, 6.07) is 14.5. The number of rotatable bonds is 5. The van der Waals surface area contributed by atoms with E-state index in [-0.39, 0.29) is 6.04 Å². The minimum atomic E-state index is 0.0329. The molecule has 20 heavy (non-hydrogen) atoms. The van der Waals surface area contributed by atoms with Gasteiger partial charge in [0, 0.05) is 16.7 Å². The van der Waals surface area contributed by atoms with Crippen LogP contribution in [0, 0.1) is 13.8 Å². The highest BCUT2D eigenvalue weighted by Gasteiger charge is 2.11. The van der Waals surface area contributed by atoms with Crippen LogP contribution >= 0.6 is 11.8 Å². The van der Waals surface area contributed by atoms with Crippen molar-refractivity contribution in [1.29, 1.82) is 0 Å². The molecular weight excluding hydrogens is 266 g/mol. The lowest BCUT2D eigenvalue weighted by Gasteiger charge is -2.16. The summed E-state index contributed by atoms with van der Waals surface area (Å²) in [5, 5.41) is 0. The van der Waals surface area contributed by atoms with E-state index in [9.17, 15) is 0 Å². The van der Waals surface area contributed by atoms with Gasteiger partial charge in [0.2, 0.25) is 0 Å². The van der Waals surface area contributed by atoms with Crippen molar-refractivity contribution in [2.24, 2.45) is 5.73 Å². The Bertz CT molecular complexity index is 583. The Kier molecular flexibility index (Phi) is 5.10. The molecule has 0 saturated carbocycles. The molecule has 3 heteroatoms. The predicted octanol–water partition coefficient (Wildman–Crippen LogP) is 4.10. The molecule has 0 aliphatic carbocycles. The second-order valence-corrected chi connectivity index (χ2v) is 5.97. The van der Waals surface area contributed by atoms with Crippen LogP contribution in [0.15, 0.2) is 47.4 Å². The van der Waals surface area contributed by atoms with Gasteiger partial charge in [-0.2, -0.15) is 0 Å². The lowest BCUT2D eigenvalue weighted by Crippen LogP contribution is -2.14. The van der Waals surface area contributed by atoms with Crippen LogP contribution in [-0.2, 0) is 0 Å². The van der Waals surface area contributed by atoms with E-state index in [0.29, 0.717) is 0 Å². The van der Waals surface area contributed by atoms with E-state index in [1.54, 1.807) is 7.11 Å². The third kappa shape index (κ3) is 3.56. The topological polar surface area (TPSA) is 35.2 Å². The summed E-state index contributed by atoms with van der Waals surface area (Å²) in [6.45, 7) is 4.21. The molecule has 1 unspecified atom stereocenters. The van der Waals surface area contributed by atoms with Gasteiger partial charge in [0.15, 0.2) is 0 Å². The van der Waals surface area contributed by atoms with E-state index in [0.717, 1.165) is 11.5 Å². The van der Waals surface area contributed by atoms with Crippen molar-refractivity contribution in [3.63, 3.8) is 0 Å². The van der Waals surface area contributed by atoms with Gasteiger partial charge in [-0.15, -0.1) is 11.8 Å². The lowest BCUT2D eigenvalue weighted by molar-refractivity contribution is 0.414. The fraction of sp³-hybridized carbons (Fsp3) is 0.294. The molecule has 106 valence electrons. The van der Waals surface area contributed by atoms with Gasteiger partial charge >= 0.3 is 0 Å². The number of ether oxygens (including phenoxy) is 1. The van der Waals surface area contributed by atoms with Crippen molar-refractivity contribution >= 4 is 11.8 Å². The number of nitrogens with two attached hydrogens (primary N) is 1. The predicted molar refractivity (Wildman–Crippen MR) is 86.6 cm³/mol. The fourth-order valence-electron chi connectivity index (χ4n) is 2.18. The van der Waals surface area contributed by atoms with Crippen molar-refractivity contribution in [2.45, 2.75) is 24.8 Å². The third-order valence-corrected chi connectivity index (χ3v) is 4.68. The minimum absolute atomic E-state index is 0.0329. The van der Waals surface area contributed by atoms with Crippen LogP contribution in [0.25, 0.3) is 0 Å². The summed E-state index contributed by atoms with van der Waals surface area (Å²) in [5.41, 5.74) is 10.00. The summed E-state index contributed by atoms with van der Waals surface area (Å²) in [5.74, 6) is 1.75. The molecule has 0 radical (unpaired) electrons. The van der Waals surface area contributed by atoms with E-state index in [1.165, 1.54) is 21.6 Å². The Balaban J connectivity index is 2.05. The van der Waals surface area contributed by atoms with Gasteiger partial charge in [-0.25, -0.2) is 0 Å². The lowest BCUT2D eigenvalue weighted by atomic mass is 10.0. The van der Waals surface area contributed by atoms with Crippen molar-refractivity contribution in [3.8, 4) is 5.75 Å². The molecular formula is C17H21NOS. The number of hydrogen-bond acceptors (Lipinski definition) is 3. The summed E-state index contributed by atoms with van der Waals surface area (Å²) in [6.07, 6.45) is 0. The van der Waals surface area contributed by atoms with Crippen molar-refractivity contribution < 1.29 is 4.74 Å². The summed E-state index contributed by atoms with van der Waals surface area (Å²) < 4.78 is 5.23. The highest BCUT2D eigenvalue weighted by molar-refractivity contribution is 7.99. The zero-order valence-corrected chi connectivity index (χ0v) is 13.0. The molecule has 2 nitrogen and oxygen atoms in total. The van der Waals surface area contributed by atoms with Crippen molar-refractivity contribution in [2.75, 3.05) is 12.9 Å². The second-order valence-electron chi connectivity index (χ2n) is 4.91. The molecule has 0 aromatic heterocycles. The van der Waals surface area contributed by atoms with E-state index in [2.05, 4.69) is 44.2 Å². The van der Waals surface area contributed by atoms with Crippen LogP contribution in [0.1, 0.15) is 22.7 Å². The van der Waals surface area contributed by atoms with E-state index < -0.39 is 0 Å². The molecule has 0 amide bonds. The summed E-state index contributed by atoms with van der Waals surface area (Å²) in [7, 11) is 1.68. The molecule has 2 aromatic carbocycles. The monoisotopic (exact) mass is 287 g/mol. The first kappa shape index (κ1) is 14.9. The number of methoxy groups -OCH3 is 1. The maximum absolute atomic E-state index is 6.32. The molecule has 0 aliphatic rings. The molecule has 0 heterocycles. The standard InChI is InChI=1S/C17H21NOS/c1-12-6-4-5-7-17(12)20-11-16(18)15-9-8-14(19-3)10-13(15)2/h4-10,16H,11,18H2,1-3H3. The van der Waals surface area contributed by atoms with Crippen LogP contribution in [0.4, 0.5) is 0 Å². The highest BCUT2D eigenvalue weighted by Crippen LogP contribution is 2.28. The fourth-order valence-corrected chi connectivity index (χ4v) is 3.19. The van der Waals surface area contributed by atoms with Crippen LogP contribution in [0.2, 0.25) is 0 Å². The molecule has 1 atom stereocenters. The normalized spacial score (nSPS) is 12.2. The average molecular weight is 287 g/mol. The smallest absolute Gasteiger partial charge is 0.119 e. The van der Waals surface area contributed by atoms with Crippen molar-refractivity contribution in [3.05, 3.63) is 59.2 Å². The van der Waals surface area contributed by atoms with Gasteiger partial charge in [0.25, 0.3) is 0 Å². The van der Waals surface area contributed by atoms with E-state index in [1.807, 2.05) is 23.9 Å². The SMILES string of the molecule is COc1ccc(C(N)CSc2ccccc2C)c(C)c1. The van der Waals surface area contributed by atoms with Gasteiger partial charge in [-0.05, 0) is 48.7 Å². The van der Waals surface area contributed by atoms with Gasteiger partial charge in [0.1, 0.15) is 5.75 Å². The number of hydrogen-bond donors (Lipinski definition) is 1. The molecule has 0 spiro atoms. The second kappa shape index (κ2) is 6.82. The zero-order chi connectivity index (χ0) is 14.5. The van der Waals surface area contributed by atoms with Gasteiger partial charge in [-0.3, -0.25) is 0 Å². The molecule has 0 bridgehead atoms. The molecule has 2 N–H and O–H groups in total. The zero-order valence-electron chi connectivity index (χ0n) is 12.2. The van der Waals surface area contributed by atoms with Crippen LogP contribution in [-0.4, -0.2) is 12.9 Å². The van der Waals surface area contributed by atoms with Crippen molar-refractivity contribution in [1.82, 2.24) is 0 Å². The maximum atomic E-state index is 6.32. The quantitative estimate of drug-likeness (QED) is 0.841. The average Bonchev–Trinajstić information content (AvgIpc) is 2.46. The summed E-state index contributed by atoms with van der Waals surface area (Å²) >= 11 is 1.81. The minimum Gasteiger partial charge on any atom is -0.497 e. The Morgan fingerprint density at radius 3 is 2.50 bits per heavy atom. The van der Waals surface area contributed by atoms with Crippen LogP contribution in [0.5, 0.6) is 5.75 Å². The maximum Gasteiger partial charge on any atom is 0.119 e.